The summed E-state index contributed by atoms with van der Waals surface area (Å²) in [5.74, 6) is 0.891. The van der Waals surface area contributed by atoms with E-state index in [1.54, 1.807) is 0 Å². The van der Waals surface area contributed by atoms with Crippen molar-refractivity contribution in [3.8, 4) is 0 Å². The van der Waals surface area contributed by atoms with Gasteiger partial charge in [0.15, 0.2) is 0 Å². The van der Waals surface area contributed by atoms with Crippen LogP contribution >= 0.6 is 9.24 Å². The maximum Gasteiger partial charge on any atom is 0.397 e. The summed E-state index contributed by atoms with van der Waals surface area (Å²) in [6.45, 7) is 11.2. The zero-order valence-electron chi connectivity index (χ0n) is 13.7. The van der Waals surface area contributed by atoms with Crippen molar-refractivity contribution in [1.82, 2.24) is 0 Å². The lowest BCUT2D eigenvalue weighted by Gasteiger charge is -2.35. The molecule has 0 saturated carbocycles. The van der Waals surface area contributed by atoms with Crippen LogP contribution in [0.1, 0.15) is 73.1 Å². The van der Waals surface area contributed by atoms with Crippen molar-refractivity contribution in [2.24, 2.45) is 5.92 Å². The average molecular weight is 328 g/mol. The highest BCUT2D eigenvalue weighted by molar-refractivity contribution is 7.80. The smallest absolute Gasteiger partial charge is 0.264 e. The molecule has 20 heavy (non-hydrogen) atoms. The molecule has 0 spiro atoms. The van der Waals surface area contributed by atoms with Gasteiger partial charge in [-0.2, -0.15) is 8.42 Å². The van der Waals surface area contributed by atoms with Gasteiger partial charge in [0.2, 0.25) is 0 Å². The van der Waals surface area contributed by atoms with Crippen LogP contribution in [0.2, 0.25) is 0 Å². The first-order valence-electron chi connectivity index (χ1n) is 7.61. The molecule has 124 valence electrons. The maximum absolute atomic E-state index is 9.84. The van der Waals surface area contributed by atoms with Crippen molar-refractivity contribution in [2.45, 2.75) is 78.3 Å². The summed E-state index contributed by atoms with van der Waals surface area (Å²) in [5, 5.41) is 0.517. The third-order valence-corrected chi connectivity index (χ3v) is 5.60. The van der Waals surface area contributed by atoms with Gasteiger partial charge in [0, 0.05) is 0 Å². The summed E-state index contributed by atoms with van der Waals surface area (Å²) in [6, 6.07) is 0. The quantitative estimate of drug-likeness (QED) is 0.385. The Labute approximate surface area is 128 Å². The van der Waals surface area contributed by atoms with Crippen LogP contribution in [0.25, 0.3) is 0 Å². The molecule has 0 fully saturated rings. The highest BCUT2D eigenvalue weighted by Gasteiger charge is 2.27. The van der Waals surface area contributed by atoms with Gasteiger partial charge >= 0.3 is 10.4 Å². The number of unbranched alkanes of at least 4 members (excludes halogenated alkanes) is 1. The van der Waals surface area contributed by atoms with Crippen LogP contribution in [0.4, 0.5) is 0 Å². The van der Waals surface area contributed by atoms with Gasteiger partial charge in [-0.05, 0) is 30.3 Å². The Morgan fingerprint density at radius 2 is 1.55 bits per heavy atom. The molecule has 0 saturated heterocycles. The minimum atomic E-state index is -4.20. The van der Waals surface area contributed by atoms with E-state index in [-0.39, 0.29) is 6.61 Å². The van der Waals surface area contributed by atoms with Crippen LogP contribution in [-0.2, 0) is 14.6 Å². The summed E-state index contributed by atoms with van der Waals surface area (Å²) in [5.41, 5.74) is 0. The molecule has 0 aliphatic carbocycles. The molecule has 0 aromatic heterocycles. The molecule has 0 amide bonds. The van der Waals surface area contributed by atoms with E-state index in [1.807, 2.05) is 6.92 Å². The maximum atomic E-state index is 9.84. The van der Waals surface area contributed by atoms with Gasteiger partial charge in [0.25, 0.3) is 0 Å². The molecular formula is C14H33O4PS. The van der Waals surface area contributed by atoms with E-state index in [4.69, 9.17) is 4.55 Å². The van der Waals surface area contributed by atoms with Crippen LogP contribution in [0, 0.1) is 5.92 Å². The van der Waals surface area contributed by atoms with Gasteiger partial charge in [-0.25, -0.2) is 4.18 Å². The van der Waals surface area contributed by atoms with Crippen molar-refractivity contribution < 1.29 is 17.2 Å². The molecule has 0 radical (unpaired) electrons. The third-order valence-electron chi connectivity index (χ3n) is 3.85. The molecule has 0 bridgehead atoms. The average Bonchev–Trinajstić information content (AvgIpc) is 2.39. The van der Waals surface area contributed by atoms with Crippen molar-refractivity contribution in [2.75, 3.05) is 6.61 Å². The van der Waals surface area contributed by atoms with Gasteiger partial charge in [-0.3, -0.25) is 4.55 Å². The van der Waals surface area contributed by atoms with E-state index >= 15 is 0 Å². The van der Waals surface area contributed by atoms with E-state index in [2.05, 4.69) is 41.1 Å². The first-order chi connectivity index (χ1) is 9.20. The molecule has 1 unspecified atom stereocenters. The lowest BCUT2D eigenvalue weighted by Crippen LogP contribution is -2.28. The van der Waals surface area contributed by atoms with E-state index in [9.17, 15) is 8.42 Å². The van der Waals surface area contributed by atoms with Crippen molar-refractivity contribution in [3.05, 3.63) is 0 Å². The Morgan fingerprint density at radius 3 is 1.75 bits per heavy atom. The van der Waals surface area contributed by atoms with Crippen molar-refractivity contribution in [1.29, 1.82) is 0 Å². The molecule has 0 heterocycles. The number of rotatable bonds is 9. The fourth-order valence-electron chi connectivity index (χ4n) is 2.24. The van der Waals surface area contributed by atoms with Crippen molar-refractivity contribution >= 4 is 19.6 Å². The summed E-state index contributed by atoms with van der Waals surface area (Å²) in [4.78, 5) is 0. The molecule has 4 nitrogen and oxygen atoms in total. The first-order valence-corrected chi connectivity index (χ1v) is 9.55. The Hall–Kier alpha value is 0.300. The molecule has 1 atom stereocenters. The predicted molar refractivity (Wildman–Crippen MR) is 89.5 cm³/mol. The summed E-state index contributed by atoms with van der Waals surface area (Å²) >= 11 is 0. The molecule has 0 rings (SSSR count). The van der Waals surface area contributed by atoms with Crippen LogP contribution < -0.4 is 0 Å². The number of hydrogen-bond acceptors (Lipinski definition) is 3. The van der Waals surface area contributed by atoms with E-state index in [1.165, 1.54) is 25.7 Å². The molecule has 1 N–H and O–H groups in total. The SMILES string of the molecule is CCC(CC)C(P)(CC)CC.CCCCOS(=O)(=O)O. The standard InChI is InChI=1S/C10H23P.C4H10O4S/c1-5-9(6-2)10(11,7-3)8-4;1-2-3-4-8-9(5,6)7/h9H,5-8,11H2,1-4H3;2-4H2,1H3,(H,5,6,7). The van der Waals surface area contributed by atoms with Crippen LogP contribution in [-0.4, -0.2) is 24.7 Å². The van der Waals surface area contributed by atoms with E-state index < -0.39 is 10.4 Å². The second kappa shape index (κ2) is 11.9. The molecule has 6 heteroatoms. The second-order valence-electron chi connectivity index (χ2n) is 5.06. The highest BCUT2D eigenvalue weighted by Crippen LogP contribution is 2.38. The number of hydrogen-bond donors (Lipinski definition) is 1. The molecule has 0 aliphatic rings. The normalized spacial score (nSPS) is 12.2. The Balaban J connectivity index is 0. The summed E-state index contributed by atoms with van der Waals surface area (Å²) < 4.78 is 31.7. The molecule has 0 aliphatic heterocycles. The zero-order valence-corrected chi connectivity index (χ0v) is 15.7. The first kappa shape index (κ1) is 22.6. The Morgan fingerprint density at radius 1 is 1.10 bits per heavy atom. The van der Waals surface area contributed by atoms with E-state index in [0.29, 0.717) is 11.6 Å². The van der Waals surface area contributed by atoms with Gasteiger partial charge in [0.05, 0.1) is 6.61 Å². The van der Waals surface area contributed by atoms with Crippen LogP contribution in [0.3, 0.4) is 0 Å². The molecule has 0 aromatic carbocycles. The third kappa shape index (κ3) is 11.0. The zero-order chi connectivity index (χ0) is 16.2. The van der Waals surface area contributed by atoms with Crippen LogP contribution in [0.15, 0.2) is 0 Å². The van der Waals surface area contributed by atoms with Gasteiger partial charge in [-0.15, -0.1) is 9.24 Å². The van der Waals surface area contributed by atoms with Gasteiger partial charge < -0.3 is 0 Å². The topological polar surface area (TPSA) is 63.6 Å². The van der Waals surface area contributed by atoms with Gasteiger partial charge in [0.1, 0.15) is 0 Å². The second-order valence-corrected chi connectivity index (χ2v) is 7.30. The highest BCUT2D eigenvalue weighted by atomic mass is 32.3. The molecular weight excluding hydrogens is 295 g/mol. The Bertz CT molecular complexity index is 309. The fraction of sp³-hybridized carbons (Fsp3) is 1.00. The fourth-order valence-corrected chi connectivity index (χ4v) is 3.04. The summed E-state index contributed by atoms with van der Waals surface area (Å²) in [6.07, 6.45) is 6.71. The lowest BCUT2D eigenvalue weighted by molar-refractivity contribution is 0.264. The van der Waals surface area contributed by atoms with Crippen molar-refractivity contribution in [3.63, 3.8) is 0 Å². The minimum Gasteiger partial charge on any atom is -0.264 e. The monoisotopic (exact) mass is 328 g/mol. The summed E-state index contributed by atoms with van der Waals surface area (Å²) in [7, 11) is -1.12. The van der Waals surface area contributed by atoms with Crippen LogP contribution in [0.5, 0.6) is 0 Å². The van der Waals surface area contributed by atoms with Gasteiger partial charge in [-0.1, -0.05) is 53.9 Å². The predicted octanol–water partition coefficient (Wildman–Crippen LogP) is 4.46. The van der Waals surface area contributed by atoms with E-state index in [0.717, 1.165) is 12.3 Å². The Kier molecular flexibility index (Phi) is 13.4. The largest absolute Gasteiger partial charge is 0.397 e. The minimum absolute atomic E-state index is 0.0648. The lowest BCUT2D eigenvalue weighted by atomic mass is 9.83. The molecule has 0 aromatic rings.